The van der Waals surface area contributed by atoms with Crippen LogP contribution in [0.2, 0.25) is 0 Å². The van der Waals surface area contributed by atoms with Crippen molar-refractivity contribution in [3.05, 3.63) is 0 Å². The van der Waals surface area contributed by atoms with Crippen LogP contribution in [0.4, 0.5) is 0 Å². The Balaban J connectivity index is 1.96. The smallest absolute Gasteiger partial charge is 0.0174 e. The second kappa shape index (κ2) is 2.42. The fourth-order valence-electron chi connectivity index (χ4n) is 1.99. The summed E-state index contributed by atoms with van der Waals surface area (Å²) in [4.78, 5) is 0. The minimum absolute atomic E-state index is 0.515. The van der Waals surface area contributed by atoms with Gasteiger partial charge in [-0.3, -0.25) is 0 Å². The number of nitrogens with two attached hydrogens (primary N) is 1. The molecule has 1 aliphatic carbocycles. The Kier molecular flexibility index (Phi) is 1.69. The summed E-state index contributed by atoms with van der Waals surface area (Å²) in [7, 11) is 0. The van der Waals surface area contributed by atoms with Crippen LogP contribution in [0.5, 0.6) is 0 Å². The summed E-state index contributed by atoms with van der Waals surface area (Å²) in [5.74, 6) is 1.31. The third-order valence-electron chi connectivity index (χ3n) is 2.80. The van der Waals surface area contributed by atoms with Crippen LogP contribution in [-0.4, -0.2) is 16.5 Å². The van der Waals surface area contributed by atoms with Crippen LogP contribution in [0, 0.1) is 0 Å². The Bertz CT molecular complexity index is 131. The lowest BCUT2D eigenvalue weighted by atomic mass is 9.79. The van der Waals surface area contributed by atoms with E-state index < -0.39 is 0 Å². The Morgan fingerprint density at radius 3 is 2.60 bits per heavy atom. The summed E-state index contributed by atoms with van der Waals surface area (Å²) in [5, 5.41) is 0. The molecule has 0 aromatic carbocycles. The number of rotatable bonds is 0. The van der Waals surface area contributed by atoms with Gasteiger partial charge in [-0.05, 0) is 31.4 Å². The molecule has 58 valence electrons. The third kappa shape index (κ3) is 1.08. The van der Waals surface area contributed by atoms with Gasteiger partial charge in [0.2, 0.25) is 0 Å². The molecular weight excluding hydrogens is 142 g/mol. The molecule has 1 heterocycles. The number of hydrogen-bond acceptors (Lipinski definition) is 2. The van der Waals surface area contributed by atoms with Crippen LogP contribution in [0.15, 0.2) is 0 Å². The first kappa shape index (κ1) is 6.99. The number of hydrogen-bond donors (Lipinski definition) is 1. The van der Waals surface area contributed by atoms with Gasteiger partial charge in [0, 0.05) is 10.8 Å². The molecule has 2 rings (SSSR count). The molecule has 0 amide bonds. The predicted octanol–water partition coefficient (Wildman–Crippen LogP) is 1.76. The molecule has 2 fully saturated rings. The monoisotopic (exact) mass is 157 g/mol. The lowest BCUT2D eigenvalue weighted by Crippen LogP contribution is -2.43. The van der Waals surface area contributed by atoms with Crippen LogP contribution < -0.4 is 5.73 Å². The predicted molar refractivity (Wildman–Crippen MR) is 46.2 cm³/mol. The van der Waals surface area contributed by atoms with Crippen LogP contribution in [0.25, 0.3) is 0 Å². The lowest BCUT2D eigenvalue weighted by Gasteiger charge is -2.46. The topological polar surface area (TPSA) is 26.0 Å². The molecule has 1 atom stereocenters. The molecular formula is C8H15NS. The quantitative estimate of drug-likeness (QED) is 0.580. The Morgan fingerprint density at radius 2 is 2.20 bits per heavy atom. The van der Waals surface area contributed by atoms with Gasteiger partial charge in [-0.25, -0.2) is 0 Å². The fourth-order valence-corrected chi connectivity index (χ4v) is 3.75. The van der Waals surface area contributed by atoms with Crippen molar-refractivity contribution in [3.8, 4) is 0 Å². The molecule has 1 nitrogen and oxygen atoms in total. The standard InChI is InChI=1S/C8H15NS/c9-7-2-5-10-8(6-7)3-1-4-8/h7H,1-6,9H2. The maximum Gasteiger partial charge on any atom is 0.0174 e. The van der Waals surface area contributed by atoms with Gasteiger partial charge in [-0.1, -0.05) is 6.42 Å². The molecule has 0 aromatic heterocycles. The molecule has 2 heteroatoms. The summed E-state index contributed by atoms with van der Waals surface area (Å²) >= 11 is 2.18. The molecule has 1 aliphatic heterocycles. The zero-order valence-electron chi connectivity index (χ0n) is 6.31. The average molecular weight is 157 g/mol. The highest BCUT2D eigenvalue weighted by atomic mass is 32.2. The molecule has 10 heavy (non-hydrogen) atoms. The highest BCUT2D eigenvalue weighted by Crippen LogP contribution is 2.50. The van der Waals surface area contributed by atoms with Gasteiger partial charge in [0.25, 0.3) is 0 Å². The summed E-state index contributed by atoms with van der Waals surface area (Å²) in [6, 6.07) is 0.515. The van der Waals surface area contributed by atoms with Gasteiger partial charge in [-0.15, -0.1) is 0 Å². The van der Waals surface area contributed by atoms with Crippen molar-refractivity contribution in [1.29, 1.82) is 0 Å². The van der Waals surface area contributed by atoms with E-state index in [-0.39, 0.29) is 0 Å². The van der Waals surface area contributed by atoms with E-state index >= 15 is 0 Å². The second-order valence-electron chi connectivity index (χ2n) is 3.64. The van der Waals surface area contributed by atoms with Crippen LogP contribution in [-0.2, 0) is 0 Å². The van der Waals surface area contributed by atoms with Crippen LogP contribution >= 0.6 is 11.8 Å². The molecule has 1 spiro atoms. The van der Waals surface area contributed by atoms with Crippen molar-refractivity contribution in [3.63, 3.8) is 0 Å². The molecule has 0 radical (unpaired) electrons. The van der Waals surface area contributed by atoms with E-state index in [9.17, 15) is 0 Å². The average Bonchev–Trinajstić information content (AvgIpc) is 1.85. The summed E-state index contributed by atoms with van der Waals surface area (Å²) in [6.45, 7) is 0. The van der Waals surface area contributed by atoms with E-state index in [4.69, 9.17) is 5.73 Å². The summed E-state index contributed by atoms with van der Waals surface area (Å²) in [5.41, 5.74) is 5.91. The minimum Gasteiger partial charge on any atom is -0.328 e. The van der Waals surface area contributed by atoms with E-state index in [1.165, 1.54) is 37.9 Å². The van der Waals surface area contributed by atoms with Gasteiger partial charge < -0.3 is 5.73 Å². The maximum atomic E-state index is 5.91. The number of thioether (sulfide) groups is 1. The van der Waals surface area contributed by atoms with Crippen molar-refractivity contribution >= 4 is 11.8 Å². The zero-order valence-corrected chi connectivity index (χ0v) is 7.12. The van der Waals surface area contributed by atoms with Crippen LogP contribution in [0.1, 0.15) is 32.1 Å². The molecule has 2 aliphatic rings. The first-order valence-electron chi connectivity index (χ1n) is 4.20. The molecule has 0 aromatic rings. The van der Waals surface area contributed by atoms with Gasteiger partial charge in [0.05, 0.1) is 0 Å². The van der Waals surface area contributed by atoms with Gasteiger partial charge in [-0.2, -0.15) is 11.8 Å². The van der Waals surface area contributed by atoms with Crippen molar-refractivity contribution < 1.29 is 0 Å². The van der Waals surface area contributed by atoms with Crippen molar-refractivity contribution in [1.82, 2.24) is 0 Å². The molecule has 1 unspecified atom stereocenters. The second-order valence-corrected chi connectivity index (χ2v) is 5.20. The normalized spacial score (nSPS) is 37.5. The Labute approximate surface area is 66.7 Å². The van der Waals surface area contributed by atoms with E-state index in [2.05, 4.69) is 11.8 Å². The Hall–Kier alpha value is 0.310. The van der Waals surface area contributed by atoms with E-state index in [0.29, 0.717) is 10.8 Å². The first-order valence-corrected chi connectivity index (χ1v) is 5.19. The largest absolute Gasteiger partial charge is 0.328 e. The van der Waals surface area contributed by atoms with E-state index in [1.807, 2.05) is 0 Å². The highest BCUT2D eigenvalue weighted by Gasteiger charge is 2.40. The minimum atomic E-state index is 0.515. The van der Waals surface area contributed by atoms with E-state index in [0.717, 1.165) is 0 Å². The lowest BCUT2D eigenvalue weighted by molar-refractivity contribution is 0.307. The SMILES string of the molecule is NC1CCSC2(CCC2)C1. The molecule has 2 N–H and O–H groups in total. The van der Waals surface area contributed by atoms with Crippen molar-refractivity contribution in [2.24, 2.45) is 5.73 Å². The maximum absolute atomic E-state index is 5.91. The van der Waals surface area contributed by atoms with Crippen molar-refractivity contribution in [2.75, 3.05) is 5.75 Å². The molecule has 1 saturated carbocycles. The Morgan fingerprint density at radius 1 is 1.40 bits per heavy atom. The highest BCUT2D eigenvalue weighted by molar-refractivity contribution is 8.00. The third-order valence-corrected chi connectivity index (χ3v) is 4.42. The summed E-state index contributed by atoms with van der Waals surface area (Å²) < 4.78 is 0.664. The van der Waals surface area contributed by atoms with Crippen molar-refractivity contribution in [2.45, 2.75) is 42.9 Å². The van der Waals surface area contributed by atoms with Gasteiger partial charge in [0.15, 0.2) is 0 Å². The molecule has 0 bridgehead atoms. The van der Waals surface area contributed by atoms with E-state index in [1.54, 1.807) is 0 Å². The van der Waals surface area contributed by atoms with Gasteiger partial charge >= 0.3 is 0 Å². The fraction of sp³-hybridized carbons (Fsp3) is 1.00. The zero-order chi connectivity index (χ0) is 7.03. The van der Waals surface area contributed by atoms with Gasteiger partial charge in [0.1, 0.15) is 0 Å². The van der Waals surface area contributed by atoms with Crippen LogP contribution in [0.3, 0.4) is 0 Å². The first-order chi connectivity index (χ1) is 4.81. The summed E-state index contributed by atoms with van der Waals surface area (Å²) in [6.07, 6.45) is 6.85. The molecule has 1 saturated heterocycles.